The summed E-state index contributed by atoms with van der Waals surface area (Å²) >= 11 is 0. The molecule has 3 heterocycles. The summed E-state index contributed by atoms with van der Waals surface area (Å²) < 4.78 is 14.7. The predicted molar refractivity (Wildman–Crippen MR) is 99.0 cm³/mol. The van der Waals surface area contributed by atoms with Crippen molar-refractivity contribution < 1.29 is 9.16 Å². The van der Waals surface area contributed by atoms with Crippen molar-refractivity contribution in [3.05, 3.63) is 23.0 Å². The molecule has 2 aromatic heterocycles. The molecule has 1 saturated heterocycles. The predicted octanol–water partition coefficient (Wildman–Crippen LogP) is 3.21. The largest absolute Gasteiger partial charge is 0.411 e. The lowest BCUT2D eigenvalue weighted by Crippen LogP contribution is -2.45. The smallest absolute Gasteiger partial charge is 0.278 e. The van der Waals surface area contributed by atoms with Crippen molar-refractivity contribution in [1.29, 1.82) is 0 Å². The second-order valence-electron chi connectivity index (χ2n) is 8.25. The van der Waals surface area contributed by atoms with E-state index in [9.17, 15) is 4.79 Å². The molecule has 3 rings (SSSR count). The van der Waals surface area contributed by atoms with Gasteiger partial charge in [0, 0.05) is 6.42 Å². The van der Waals surface area contributed by atoms with Gasteiger partial charge in [0.15, 0.2) is 19.5 Å². The quantitative estimate of drug-likeness (QED) is 0.843. The Kier molecular flexibility index (Phi) is 4.63. The third-order valence-electron chi connectivity index (χ3n) is 5.51. The molecule has 1 unspecified atom stereocenters. The van der Waals surface area contributed by atoms with Crippen LogP contribution in [-0.2, 0) is 9.16 Å². The molecule has 0 aliphatic carbocycles. The van der Waals surface area contributed by atoms with Gasteiger partial charge in [-0.05, 0) is 24.6 Å². The topological polar surface area (TPSA) is 82.0 Å². The number of aromatic nitrogens is 4. The van der Waals surface area contributed by atoms with E-state index >= 15 is 0 Å². The molecule has 0 saturated carbocycles. The van der Waals surface area contributed by atoms with Gasteiger partial charge in [-0.3, -0.25) is 9.36 Å². The average Bonchev–Trinajstić information content (AvgIpc) is 3.10. The SMILES string of the molecule is CC[C@H]1O[C@@H](n2cnc3c(=O)[nH]cnc32)CC1O[Si](C)(C)C(C)(C)C. The van der Waals surface area contributed by atoms with Crippen LogP contribution in [0.15, 0.2) is 17.4 Å². The van der Waals surface area contributed by atoms with Crippen LogP contribution in [0.25, 0.3) is 11.2 Å². The number of fused-ring (bicyclic) bond motifs is 1. The molecule has 8 heteroatoms. The van der Waals surface area contributed by atoms with Gasteiger partial charge < -0.3 is 14.1 Å². The summed E-state index contributed by atoms with van der Waals surface area (Å²) in [6.45, 7) is 13.4. The highest BCUT2D eigenvalue weighted by atomic mass is 28.4. The molecule has 0 aromatic carbocycles. The molecule has 1 aliphatic rings. The van der Waals surface area contributed by atoms with Crippen LogP contribution in [0, 0.1) is 0 Å². The van der Waals surface area contributed by atoms with Crippen molar-refractivity contribution >= 4 is 19.5 Å². The van der Waals surface area contributed by atoms with Crippen LogP contribution in [0.3, 0.4) is 0 Å². The Hall–Kier alpha value is -1.51. The minimum absolute atomic E-state index is 0.0403. The minimum atomic E-state index is -1.88. The highest BCUT2D eigenvalue weighted by molar-refractivity contribution is 6.74. The summed E-state index contributed by atoms with van der Waals surface area (Å²) in [5.41, 5.74) is 0.660. The number of nitrogens with zero attached hydrogens (tertiary/aromatic N) is 3. The molecule has 1 N–H and O–H groups in total. The fourth-order valence-corrected chi connectivity index (χ4v) is 4.35. The number of aromatic amines is 1. The molecule has 7 nitrogen and oxygen atoms in total. The normalized spacial score (nSPS) is 25.0. The Morgan fingerprint density at radius 1 is 1.40 bits per heavy atom. The third-order valence-corrected chi connectivity index (χ3v) is 10.0. The van der Waals surface area contributed by atoms with Gasteiger partial charge in [-0.25, -0.2) is 9.97 Å². The van der Waals surface area contributed by atoms with Crippen molar-refractivity contribution in [2.75, 3.05) is 0 Å². The maximum absolute atomic E-state index is 11.9. The van der Waals surface area contributed by atoms with Crippen LogP contribution in [0.4, 0.5) is 0 Å². The van der Waals surface area contributed by atoms with E-state index in [4.69, 9.17) is 9.16 Å². The molecule has 138 valence electrons. The zero-order chi connectivity index (χ0) is 18.4. The first kappa shape index (κ1) is 18.3. The first-order valence-corrected chi connectivity index (χ1v) is 11.8. The van der Waals surface area contributed by atoms with Gasteiger partial charge in [-0.2, -0.15) is 0 Å². The number of nitrogens with one attached hydrogen (secondary N) is 1. The lowest BCUT2D eigenvalue weighted by molar-refractivity contribution is -0.0162. The average molecular weight is 365 g/mol. The number of hydrogen-bond acceptors (Lipinski definition) is 5. The maximum Gasteiger partial charge on any atom is 0.278 e. The molecule has 0 amide bonds. The van der Waals surface area contributed by atoms with E-state index < -0.39 is 8.32 Å². The van der Waals surface area contributed by atoms with E-state index in [1.807, 2.05) is 4.57 Å². The van der Waals surface area contributed by atoms with E-state index in [2.05, 4.69) is 55.7 Å². The lowest BCUT2D eigenvalue weighted by Gasteiger charge is -2.39. The Bertz CT molecular complexity index is 808. The molecular formula is C17H28N4O3Si. The van der Waals surface area contributed by atoms with Crippen LogP contribution >= 0.6 is 0 Å². The van der Waals surface area contributed by atoms with E-state index in [-0.39, 0.29) is 29.0 Å². The zero-order valence-electron chi connectivity index (χ0n) is 15.9. The van der Waals surface area contributed by atoms with Crippen LogP contribution in [0.2, 0.25) is 18.1 Å². The van der Waals surface area contributed by atoms with Gasteiger partial charge in [0.2, 0.25) is 0 Å². The highest BCUT2D eigenvalue weighted by Gasteiger charge is 2.44. The van der Waals surface area contributed by atoms with Crippen LogP contribution in [0.1, 0.15) is 46.8 Å². The van der Waals surface area contributed by atoms with Gasteiger partial charge in [-0.15, -0.1) is 0 Å². The molecule has 0 spiro atoms. The van der Waals surface area contributed by atoms with Gasteiger partial charge >= 0.3 is 0 Å². The summed E-state index contributed by atoms with van der Waals surface area (Å²) in [6.07, 6.45) is 4.55. The second-order valence-corrected chi connectivity index (χ2v) is 13.0. The Labute approximate surface area is 148 Å². The number of imidazole rings is 1. The molecule has 0 bridgehead atoms. The van der Waals surface area contributed by atoms with Gasteiger partial charge in [-0.1, -0.05) is 27.7 Å². The molecular weight excluding hydrogens is 336 g/mol. The molecule has 3 atom stereocenters. The second kappa shape index (κ2) is 6.33. The summed E-state index contributed by atoms with van der Waals surface area (Å²) in [6, 6.07) is 0. The number of hydrogen-bond donors (Lipinski definition) is 1. The van der Waals surface area contributed by atoms with Gasteiger partial charge in [0.1, 0.15) is 6.23 Å². The summed E-state index contributed by atoms with van der Waals surface area (Å²) in [7, 11) is -1.88. The van der Waals surface area contributed by atoms with Crippen LogP contribution in [-0.4, -0.2) is 40.0 Å². The van der Waals surface area contributed by atoms with Crippen molar-refractivity contribution in [1.82, 2.24) is 19.5 Å². The van der Waals surface area contributed by atoms with E-state index in [0.29, 0.717) is 11.2 Å². The number of ether oxygens (including phenoxy) is 1. The fraction of sp³-hybridized carbons (Fsp3) is 0.706. The van der Waals surface area contributed by atoms with E-state index in [1.165, 1.54) is 6.33 Å². The summed E-state index contributed by atoms with van der Waals surface area (Å²) in [5, 5.41) is 0.153. The third kappa shape index (κ3) is 3.30. The van der Waals surface area contributed by atoms with E-state index in [0.717, 1.165) is 12.8 Å². The van der Waals surface area contributed by atoms with Crippen LogP contribution < -0.4 is 5.56 Å². The van der Waals surface area contributed by atoms with Crippen molar-refractivity contribution in [2.24, 2.45) is 0 Å². The summed E-state index contributed by atoms with van der Waals surface area (Å²) in [4.78, 5) is 22.9. The first-order chi connectivity index (χ1) is 11.6. The molecule has 1 aliphatic heterocycles. The van der Waals surface area contributed by atoms with Gasteiger partial charge in [0.25, 0.3) is 5.56 Å². The molecule has 1 fully saturated rings. The zero-order valence-corrected chi connectivity index (χ0v) is 16.9. The Balaban J connectivity index is 1.86. The molecule has 2 aromatic rings. The Morgan fingerprint density at radius 2 is 2.12 bits per heavy atom. The van der Waals surface area contributed by atoms with Crippen molar-refractivity contribution in [2.45, 2.75) is 77.1 Å². The van der Waals surface area contributed by atoms with Crippen LogP contribution in [0.5, 0.6) is 0 Å². The first-order valence-electron chi connectivity index (χ1n) is 8.87. The van der Waals surface area contributed by atoms with Crippen molar-refractivity contribution in [3.8, 4) is 0 Å². The molecule has 25 heavy (non-hydrogen) atoms. The van der Waals surface area contributed by atoms with Gasteiger partial charge in [0.05, 0.1) is 24.9 Å². The number of rotatable bonds is 4. The summed E-state index contributed by atoms with van der Waals surface area (Å²) in [5.74, 6) is 0. The van der Waals surface area contributed by atoms with Crippen molar-refractivity contribution in [3.63, 3.8) is 0 Å². The maximum atomic E-state index is 11.9. The lowest BCUT2D eigenvalue weighted by atomic mass is 10.1. The number of H-pyrrole nitrogens is 1. The van der Waals surface area contributed by atoms with E-state index in [1.54, 1.807) is 6.33 Å². The molecule has 0 radical (unpaired) electrons. The minimum Gasteiger partial charge on any atom is -0.411 e. The monoisotopic (exact) mass is 364 g/mol. The fourth-order valence-electron chi connectivity index (χ4n) is 2.99. The standard InChI is InChI=1S/C17H28N4O3Si/c1-7-11-12(24-25(5,6)17(2,3)4)8-13(23-11)21-10-20-14-15(21)18-9-19-16(14)22/h9-13H,7-8H2,1-6H3,(H,18,19,22)/t11-,12?,13-/m1/s1. The highest BCUT2D eigenvalue weighted by Crippen LogP contribution is 2.41. The Morgan fingerprint density at radius 3 is 2.76 bits per heavy atom.